The van der Waals surface area contributed by atoms with Gasteiger partial charge in [-0.2, -0.15) is 13.2 Å². The Morgan fingerprint density at radius 1 is 1.16 bits per heavy atom. The third-order valence-corrected chi connectivity index (χ3v) is 4.42. The summed E-state index contributed by atoms with van der Waals surface area (Å²) in [6, 6.07) is 11.2. The van der Waals surface area contributed by atoms with Crippen molar-refractivity contribution in [2.24, 2.45) is 0 Å². The summed E-state index contributed by atoms with van der Waals surface area (Å²) in [5, 5.41) is 2.72. The number of nitrogens with zero attached hydrogens (tertiary/aromatic N) is 2. The lowest BCUT2D eigenvalue weighted by Gasteiger charge is -2.06. The number of anilines is 1. The Kier molecular flexibility index (Phi) is 4.73. The molecule has 0 spiro atoms. The lowest BCUT2D eigenvalue weighted by Crippen LogP contribution is -2.17. The molecule has 25 heavy (non-hydrogen) atoms. The number of hydrogen-bond donors (Lipinski definition) is 1. The monoisotopic (exact) mass is 383 g/mol. The van der Waals surface area contributed by atoms with E-state index in [2.05, 4.69) is 15.3 Å². The largest absolute Gasteiger partial charge is 0.435 e. The zero-order chi connectivity index (χ0) is 18.0. The van der Waals surface area contributed by atoms with Crippen LogP contribution in [0.3, 0.4) is 0 Å². The van der Waals surface area contributed by atoms with E-state index in [1.165, 1.54) is 18.3 Å². The van der Waals surface area contributed by atoms with Crippen LogP contribution in [-0.4, -0.2) is 15.9 Å². The number of amides is 1. The third kappa shape index (κ3) is 3.97. The van der Waals surface area contributed by atoms with Crippen LogP contribution in [0, 0.1) is 0 Å². The fourth-order valence-corrected chi connectivity index (χ4v) is 3.16. The van der Waals surface area contributed by atoms with Crippen molar-refractivity contribution in [3.63, 3.8) is 0 Å². The minimum atomic E-state index is -4.75. The number of nitrogens with one attached hydrogen (secondary N) is 1. The molecule has 4 nitrogen and oxygen atoms in total. The molecule has 128 valence electrons. The van der Waals surface area contributed by atoms with Crippen LogP contribution in [-0.2, 0) is 6.18 Å². The number of carbonyl (C=O) groups is 1. The van der Waals surface area contributed by atoms with E-state index in [9.17, 15) is 18.0 Å². The number of aromatic nitrogens is 2. The third-order valence-electron chi connectivity index (χ3n) is 3.09. The SMILES string of the molecule is O=C(Nc1cc(Cl)ccn1)c1sc(-c2ccccc2)nc1C(F)(F)F. The van der Waals surface area contributed by atoms with E-state index in [4.69, 9.17) is 11.6 Å². The van der Waals surface area contributed by atoms with Crippen molar-refractivity contribution in [2.45, 2.75) is 6.18 Å². The van der Waals surface area contributed by atoms with E-state index in [1.54, 1.807) is 30.3 Å². The molecule has 3 aromatic rings. The minimum Gasteiger partial charge on any atom is -0.306 e. The number of halogens is 4. The summed E-state index contributed by atoms with van der Waals surface area (Å²) in [5.41, 5.74) is -0.728. The van der Waals surface area contributed by atoms with Crippen molar-refractivity contribution < 1.29 is 18.0 Å². The molecule has 0 bridgehead atoms. The number of benzene rings is 1. The van der Waals surface area contributed by atoms with E-state index in [-0.39, 0.29) is 10.8 Å². The Labute approximate surface area is 149 Å². The first-order valence-electron chi connectivity index (χ1n) is 6.91. The Hall–Kier alpha value is -2.45. The number of thiazole rings is 1. The van der Waals surface area contributed by atoms with Gasteiger partial charge in [-0.1, -0.05) is 41.9 Å². The number of hydrogen-bond acceptors (Lipinski definition) is 4. The first-order valence-corrected chi connectivity index (χ1v) is 8.10. The molecule has 0 unspecified atom stereocenters. The van der Waals surface area contributed by atoms with Gasteiger partial charge in [0.15, 0.2) is 5.69 Å². The highest BCUT2D eigenvalue weighted by molar-refractivity contribution is 7.17. The Bertz CT molecular complexity index is 912. The highest BCUT2D eigenvalue weighted by atomic mass is 35.5. The second-order valence-electron chi connectivity index (χ2n) is 4.87. The van der Waals surface area contributed by atoms with Crippen molar-refractivity contribution in [3.8, 4) is 10.6 Å². The number of rotatable bonds is 3. The molecule has 0 aliphatic carbocycles. The molecule has 0 fully saturated rings. The van der Waals surface area contributed by atoms with Gasteiger partial charge in [0.2, 0.25) is 0 Å². The van der Waals surface area contributed by atoms with Crippen LogP contribution in [0.2, 0.25) is 5.02 Å². The molecule has 0 saturated carbocycles. The Balaban J connectivity index is 1.99. The van der Waals surface area contributed by atoms with Crippen molar-refractivity contribution >= 4 is 34.7 Å². The van der Waals surface area contributed by atoms with Crippen LogP contribution in [0.4, 0.5) is 19.0 Å². The van der Waals surface area contributed by atoms with Crippen LogP contribution < -0.4 is 5.32 Å². The van der Waals surface area contributed by atoms with Gasteiger partial charge in [-0.05, 0) is 12.1 Å². The summed E-state index contributed by atoms with van der Waals surface area (Å²) in [6.45, 7) is 0. The topological polar surface area (TPSA) is 54.9 Å². The maximum Gasteiger partial charge on any atom is 0.435 e. The maximum atomic E-state index is 13.3. The van der Waals surface area contributed by atoms with Crippen LogP contribution in [0.25, 0.3) is 10.6 Å². The molecular weight excluding hydrogens is 375 g/mol. The number of pyridine rings is 1. The molecule has 1 amide bonds. The van der Waals surface area contributed by atoms with Crippen molar-refractivity contribution in [1.29, 1.82) is 0 Å². The molecule has 1 aromatic carbocycles. The summed E-state index contributed by atoms with van der Waals surface area (Å²) in [6.07, 6.45) is -3.41. The predicted molar refractivity (Wildman–Crippen MR) is 89.8 cm³/mol. The highest BCUT2D eigenvalue weighted by Gasteiger charge is 2.39. The van der Waals surface area contributed by atoms with Gasteiger partial charge in [0.1, 0.15) is 15.7 Å². The molecule has 3 rings (SSSR count). The fraction of sp³-hybridized carbons (Fsp3) is 0.0625. The lowest BCUT2D eigenvalue weighted by molar-refractivity contribution is -0.140. The quantitative estimate of drug-likeness (QED) is 0.682. The molecule has 9 heteroatoms. The van der Waals surface area contributed by atoms with Gasteiger partial charge in [-0.25, -0.2) is 9.97 Å². The van der Waals surface area contributed by atoms with Gasteiger partial charge in [0.05, 0.1) is 0 Å². The molecule has 0 aliphatic heterocycles. The average Bonchev–Trinajstić information content (AvgIpc) is 3.01. The van der Waals surface area contributed by atoms with Gasteiger partial charge in [-0.3, -0.25) is 4.79 Å². The van der Waals surface area contributed by atoms with Crippen LogP contribution in [0.1, 0.15) is 15.4 Å². The van der Waals surface area contributed by atoms with Gasteiger partial charge < -0.3 is 5.32 Å². The van der Waals surface area contributed by atoms with Crippen LogP contribution in [0.5, 0.6) is 0 Å². The molecule has 1 N–H and O–H groups in total. The number of alkyl halides is 3. The summed E-state index contributed by atoms with van der Waals surface area (Å²) in [4.78, 5) is 19.2. The zero-order valence-corrected chi connectivity index (χ0v) is 13.9. The molecule has 0 aliphatic rings. The second kappa shape index (κ2) is 6.81. The summed E-state index contributed by atoms with van der Waals surface area (Å²) in [7, 11) is 0. The predicted octanol–water partition coefficient (Wildman–Crippen LogP) is 5.13. The molecule has 0 atom stereocenters. The van der Waals surface area contributed by atoms with E-state index in [1.807, 2.05) is 0 Å². The van der Waals surface area contributed by atoms with Crippen molar-refractivity contribution in [1.82, 2.24) is 9.97 Å². The van der Waals surface area contributed by atoms with E-state index >= 15 is 0 Å². The molecule has 2 heterocycles. The van der Waals surface area contributed by atoms with Gasteiger partial charge in [0, 0.05) is 16.8 Å². The smallest absolute Gasteiger partial charge is 0.306 e. The first kappa shape index (κ1) is 17.4. The minimum absolute atomic E-state index is 0.0558. The average molecular weight is 384 g/mol. The Morgan fingerprint density at radius 3 is 2.52 bits per heavy atom. The normalized spacial score (nSPS) is 11.4. The second-order valence-corrected chi connectivity index (χ2v) is 6.31. The van der Waals surface area contributed by atoms with Gasteiger partial charge in [0.25, 0.3) is 5.91 Å². The zero-order valence-electron chi connectivity index (χ0n) is 12.3. The standard InChI is InChI=1S/C16H9ClF3N3OS/c17-10-6-7-21-11(8-10)22-14(24)12-13(16(18,19)20)23-15(25-12)9-4-2-1-3-5-9/h1-8H,(H,21,22,24). The number of carbonyl (C=O) groups excluding carboxylic acids is 1. The molecule has 0 radical (unpaired) electrons. The van der Waals surface area contributed by atoms with E-state index < -0.39 is 22.7 Å². The van der Waals surface area contributed by atoms with Crippen LogP contribution >= 0.6 is 22.9 Å². The summed E-state index contributed by atoms with van der Waals surface area (Å²) in [5.74, 6) is -0.887. The Morgan fingerprint density at radius 2 is 1.88 bits per heavy atom. The van der Waals surface area contributed by atoms with Gasteiger partial charge >= 0.3 is 6.18 Å². The van der Waals surface area contributed by atoms with Crippen molar-refractivity contribution in [3.05, 3.63) is 64.3 Å². The summed E-state index contributed by atoms with van der Waals surface area (Å²) < 4.78 is 39.8. The molecular formula is C16H9ClF3N3OS. The van der Waals surface area contributed by atoms with Gasteiger partial charge in [-0.15, -0.1) is 11.3 Å². The van der Waals surface area contributed by atoms with E-state index in [0.717, 1.165) is 0 Å². The molecule has 2 aromatic heterocycles. The van der Waals surface area contributed by atoms with Crippen LogP contribution in [0.15, 0.2) is 48.7 Å². The van der Waals surface area contributed by atoms with E-state index in [0.29, 0.717) is 21.9 Å². The lowest BCUT2D eigenvalue weighted by atomic mass is 10.2. The fourth-order valence-electron chi connectivity index (χ4n) is 2.02. The first-order chi connectivity index (χ1) is 11.8. The maximum absolute atomic E-state index is 13.3. The van der Waals surface area contributed by atoms with Crippen molar-refractivity contribution in [2.75, 3.05) is 5.32 Å². The summed E-state index contributed by atoms with van der Waals surface area (Å²) >= 11 is 6.45. The molecule has 0 saturated heterocycles. The highest BCUT2D eigenvalue weighted by Crippen LogP contribution is 2.38.